The van der Waals surface area contributed by atoms with Gasteiger partial charge >= 0.3 is 0 Å². The molecule has 3 heteroatoms. The van der Waals surface area contributed by atoms with E-state index in [1.54, 1.807) is 0 Å². The third-order valence-electron chi connectivity index (χ3n) is 13.5. The molecule has 62 heavy (non-hydrogen) atoms. The molecule has 0 amide bonds. The first-order valence-corrected chi connectivity index (χ1v) is 21.6. The lowest BCUT2D eigenvalue weighted by atomic mass is 9.75. The van der Waals surface area contributed by atoms with Crippen molar-refractivity contribution in [3.05, 3.63) is 218 Å². The molecule has 0 fully saturated rings. The van der Waals surface area contributed by atoms with Gasteiger partial charge in [-0.05, 0) is 99.6 Å². The molecule has 0 atom stereocenters. The van der Waals surface area contributed by atoms with Gasteiger partial charge in [0.05, 0.1) is 39.1 Å². The Morgan fingerprint density at radius 3 is 1.26 bits per heavy atom. The minimum Gasteiger partial charge on any atom is -0.317 e. The number of nitrogens with zero attached hydrogens (tertiary/aromatic N) is 3. The number of para-hydroxylation sites is 5. The van der Waals surface area contributed by atoms with Crippen LogP contribution in [0.4, 0.5) is 11.4 Å². The SMILES string of the molecule is CC1(C)C=CN(c2ccccc2)c2cc3c(cc21)-c1ccccc1-c1cccc(-n2c4ccccc4c4ccccc42)c1-c1c-3cccc1-n1c2ccccc2c2ccccc21. The second-order valence-electron chi connectivity index (χ2n) is 17.3. The van der Waals surface area contributed by atoms with Crippen LogP contribution < -0.4 is 4.90 Å². The summed E-state index contributed by atoms with van der Waals surface area (Å²) in [5.41, 5.74) is 20.2. The predicted molar refractivity (Wildman–Crippen MR) is 261 cm³/mol. The molecule has 292 valence electrons. The highest BCUT2D eigenvalue weighted by molar-refractivity contribution is 6.15. The van der Waals surface area contributed by atoms with Crippen LogP contribution in [-0.4, -0.2) is 9.13 Å². The highest BCUT2D eigenvalue weighted by Gasteiger charge is 2.34. The van der Waals surface area contributed by atoms with Gasteiger partial charge in [-0.2, -0.15) is 0 Å². The van der Waals surface area contributed by atoms with Gasteiger partial charge in [-0.3, -0.25) is 0 Å². The Bertz CT molecular complexity index is 3570. The number of hydrogen-bond acceptors (Lipinski definition) is 1. The van der Waals surface area contributed by atoms with Gasteiger partial charge in [0, 0.05) is 50.0 Å². The lowest BCUT2D eigenvalue weighted by molar-refractivity contribution is 0.659. The minimum absolute atomic E-state index is 0.192. The van der Waals surface area contributed by atoms with E-state index in [-0.39, 0.29) is 5.41 Å². The van der Waals surface area contributed by atoms with E-state index in [0.717, 1.165) is 17.1 Å². The predicted octanol–water partition coefficient (Wildman–Crippen LogP) is 15.8. The van der Waals surface area contributed by atoms with Gasteiger partial charge in [0.25, 0.3) is 0 Å². The lowest BCUT2D eigenvalue weighted by Crippen LogP contribution is -2.25. The summed E-state index contributed by atoms with van der Waals surface area (Å²) in [6, 6.07) is 74.3. The fourth-order valence-corrected chi connectivity index (χ4v) is 10.7. The molecule has 2 aliphatic rings. The first kappa shape index (κ1) is 34.9. The number of anilines is 2. The molecule has 13 rings (SSSR count). The van der Waals surface area contributed by atoms with Crippen molar-refractivity contribution in [3.63, 3.8) is 0 Å². The highest BCUT2D eigenvalue weighted by atomic mass is 15.1. The van der Waals surface area contributed by atoms with E-state index in [9.17, 15) is 0 Å². The first-order valence-electron chi connectivity index (χ1n) is 21.6. The molecule has 2 aromatic heterocycles. The maximum atomic E-state index is 2.52. The third-order valence-corrected chi connectivity index (χ3v) is 13.5. The number of fused-ring (bicyclic) bond motifs is 15. The van der Waals surface area contributed by atoms with Gasteiger partial charge in [-0.15, -0.1) is 0 Å². The van der Waals surface area contributed by atoms with E-state index in [0.29, 0.717) is 0 Å². The van der Waals surface area contributed by atoms with Crippen molar-refractivity contribution in [2.24, 2.45) is 0 Å². The Labute approximate surface area is 360 Å². The van der Waals surface area contributed by atoms with Crippen molar-refractivity contribution in [1.29, 1.82) is 0 Å². The summed E-state index contributed by atoms with van der Waals surface area (Å²) in [5, 5.41) is 4.98. The van der Waals surface area contributed by atoms with Gasteiger partial charge in [0.15, 0.2) is 0 Å². The Balaban J connectivity index is 1.24. The standard InChI is InChI=1S/C59H41N3/c1-59(2)34-35-60(38-18-4-3-5-19-38)56-37-48-46-27-17-33-55(62-52-30-14-10-24-43(52)44-25-11-15-31-53(44)62)58(46)57-45(39-20-6-7-21-40(39)47(48)36-49(56)59)26-16-32-54(57)61-50-28-12-8-22-41(50)42-23-9-13-29-51(42)61/h3-37H,1-2H3. The van der Waals surface area contributed by atoms with Crippen molar-refractivity contribution in [2.75, 3.05) is 4.90 Å². The minimum atomic E-state index is -0.192. The second kappa shape index (κ2) is 13.1. The number of hydrogen-bond donors (Lipinski definition) is 0. The van der Waals surface area contributed by atoms with Crippen LogP contribution in [0.2, 0.25) is 0 Å². The summed E-state index contributed by atoms with van der Waals surface area (Å²) < 4.78 is 5.03. The second-order valence-corrected chi connectivity index (χ2v) is 17.3. The summed E-state index contributed by atoms with van der Waals surface area (Å²) >= 11 is 0. The van der Waals surface area contributed by atoms with Gasteiger partial charge < -0.3 is 14.0 Å². The first-order chi connectivity index (χ1) is 30.5. The number of aromatic nitrogens is 2. The van der Waals surface area contributed by atoms with Crippen molar-refractivity contribution >= 4 is 55.0 Å². The van der Waals surface area contributed by atoms with Crippen LogP contribution in [0.3, 0.4) is 0 Å². The Morgan fingerprint density at radius 1 is 0.339 bits per heavy atom. The van der Waals surface area contributed by atoms with E-state index in [2.05, 4.69) is 240 Å². The molecule has 0 radical (unpaired) electrons. The summed E-state index contributed by atoms with van der Waals surface area (Å²) in [6.07, 6.45) is 4.62. The van der Waals surface area contributed by atoms with Crippen molar-refractivity contribution in [3.8, 4) is 55.9 Å². The quantitative estimate of drug-likeness (QED) is 0.174. The van der Waals surface area contributed by atoms with Crippen LogP contribution in [0.5, 0.6) is 0 Å². The molecule has 1 aliphatic carbocycles. The summed E-state index contributed by atoms with van der Waals surface area (Å²) in [4.78, 5) is 2.37. The zero-order valence-electron chi connectivity index (χ0n) is 34.5. The van der Waals surface area contributed by atoms with Crippen molar-refractivity contribution < 1.29 is 0 Å². The largest absolute Gasteiger partial charge is 0.317 e. The molecule has 0 N–H and O–H groups in total. The van der Waals surface area contributed by atoms with E-state index >= 15 is 0 Å². The van der Waals surface area contributed by atoms with Gasteiger partial charge in [0.2, 0.25) is 0 Å². The van der Waals surface area contributed by atoms with Crippen LogP contribution in [0, 0.1) is 0 Å². The smallest absolute Gasteiger partial charge is 0.0547 e. The molecule has 0 saturated carbocycles. The van der Waals surface area contributed by atoms with E-state index < -0.39 is 0 Å². The molecule has 0 saturated heterocycles. The molecule has 11 aromatic rings. The molecular weight excluding hydrogens is 751 g/mol. The molecule has 0 spiro atoms. The van der Waals surface area contributed by atoms with Crippen LogP contribution in [-0.2, 0) is 5.41 Å². The normalized spacial score (nSPS) is 13.7. The topological polar surface area (TPSA) is 13.1 Å². The summed E-state index contributed by atoms with van der Waals surface area (Å²) in [5.74, 6) is 0. The molecule has 3 nitrogen and oxygen atoms in total. The maximum absolute atomic E-state index is 2.52. The van der Waals surface area contributed by atoms with Crippen LogP contribution in [0.1, 0.15) is 19.4 Å². The number of allylic oxidation sites excluding steroid dienone is 1. The molecule has 0 bridgehead atoms. The van der Waals surface area contributed by atoms with Crippen LogP contribution in [0.25, 0.3) is 99.5 Å². The average molecular weight is 792 g/mol. The van der Waals surface area contributed by atoms with Gasteiger partial charge in [0.1, 0.15) is 0 Å². The van der Waals surface area contributed by atoms with Crippen molar-refractivity contribution in [2.45, 2.75) is 19.3 Å². The van der Waals surface area contributed by atoms with E-state index in [4.69, 9.17) is 0 Å². The average Bonchev–Trinajstić information content (AvgIpc) is 3.84. The van der Waals surface area contributed by atoms with E-state index in [1.807, 2.05) is 0 Å². The summed E-state index contributed by atoms with van der Waals surface area (Å²) in [6.45, 7) is 4.68. The van der Waals surface area contributed by atoms with Gasteiger partial charge in [-0.1, -0.05) is 159 Å². The fraction of sp³-hybridized carbons (Fsp3) is 0.0508. The monoisotopic (exact) mass is 791 g/mol. The molecule has 1 aliphatic heterocycles. The van der Waals surface area contributed by atoms with E-state index in [1.165, 1.54) is 99.4 Å². The molecule has 3 heterocycles. The third kappa shape index (κ3) is 4.88. The fourth-order valence-electron chi connectivity index (χ4n) is 10.7. The molecular formula is C59H41N3. The Kier molecular flexibility index (Phi) is 7.36. The number of rotatable bonds is 3. The van der Waals surface area contributed by atoms with Crippen LogP contribution >= 0.6 is 0 Å². The zero-order chi connectivity index (χ0) is 41.1. The van der Waals surface area contributed by atoms with Crippen molar-refractivity contribution in [1.82, 2.24) is 9.13 Å². The molecule has 9 aromatic carbocycles. The maximum Gasteiger partial charge on any atom is 0.0547 e. The Morgan fingerprint density at radius 2 is 0.742 bits per heavy atom. The zero-order valence-corrected chi connectivity index (χ0v) is 34.5. The van der Waals surface area contributed by atoms with Gasteiger partial charge in [-0.25, -0.2) is 0 Å². The Hall–Kier alpha value is -7.88. The van der Waals surface area contributed by atoms with Crippen LogP contribution in [0.15, 0.2) is 212 Å². The number of benzene rings is 9. The summed E-state index contributed by atoms with van der Waals surface area (Å²) in [7, 11) is 0. The molecule has 0 unspecified atom stereocenters. The highest BCUT2D eigenvalue weighted by Crippen LogP contribution is 2.55. The lowest BCUT2D eigenvalue weighted by Gasteiger charge is -2.37.